The molecule has 0 spiro atoms. The molecule has 0 atom stereocenters. The molecule has 3 heteroatoms. The van der Waals surface area contributed by atoms with Crippen LogP contribution in [0.5, 0.6) is 0 Å². The zero-order chi connectivity index (χ0) is 11.8. The quantitative estimate of drug-likeness (QED) is 0.714. The Morgan fingerprint density at radius 3 is 2.53 bits per heavy atom. The maximum Gasteiger partial charge on any atom is 0.0495 e. The van der Waals surface area contributed by atoms with Crippen LogP contribution in [-0.2, 0) is 5.88 Å². The monoisotopic (exact) mass is 269 g/mol. The molecule has 2 aliphatic carbocycles. The standard InChI is InChI=1S/C14H17Cl2N/c15-8-11-7-12(16)3-6-14(11)17(13-4-5-13)9-10-1-2-10/h3,6-7,10,13H,1-2,4-5,8-9H2. The number of halogens is 2. The Morgan fingerprint density at radius 1 is 1.18 bits per heavy atom. The second-order valence-corrected chi connectivity index (χ2v) is 5.94. The number of benzene rings is 1. The molecule has 0 aromatic heterocycles. The predicted octanol–water partition coefficient (Wildman–Crippen LogP) is 4.46. The van der Waals surface area contributed by atoms with Crippen LogP contribution in [-0.4, -0.2) is 12.6 Å². The Labute approximate surface area is 113 Å². The molecule has 0 heterocycles. The Hall–Kier alpha value is -0.400. The summed E-state index contributed by atoms with van der Waals surface area (Å²) in [7, 11) is 0. The lowest BCUT2D eigenvalue weighted by atomic mass is 10.1. The van der Waals surface area contributed by atoms with Crippen LogP contribution in [0, 0.1) is 5.92 Å². The van der Waals surface area contributed by atoms with Crippen LogP contribution in [0.4, 0.5) is 5.69 Å². The summed E-state index contributed by atoms with van der Waals surface area (Å²) >= 11 is 12.1. The van der Waals surface area contributed by atoms with E-state index in [1.807, 2.05) is 12.1 Å². The largest absolute Gasteiger partial charge is 0.368 e. The molecular formula is C14H17Cl2N. The normalized spacial score (nSPS) is 19.4. The fraction of sp³-hybridized carbons (Fsp3) is 0.571. The number of rotatable bonds is 5. The fourth-order valence-corrected chi connectivity index (χ4v) is 2.76. The second-order valence-electron chi connectivity index (χ2n) is 5.23. The van der Waals surface area contributed by atoms with Crippen molar-refractivity contribution in [2.24, 2.45) is 5.92 Å². The van der Waals surface area contributed by atoms with E-state index in [0.717, 1.165) is 17.0 Å². The minimum atomic E-state index is 0.545. The molecule has 0 bridgehead atoms. The van der Waals surface area contributed by atoms with Crippen molar-refractivity contribution in [3.8, 4) is 0 Å². The third-order valence-electron chi connectivity index (χ3n) is 3.63. The molecule has 1 aromatic rings. The molecule has 0 unspecified atom stereocenters. The van der Waals surface area contributed by atoms with Crippen molar-refractivity contribution in [1.29, 1.82) is 0 Å². The molecule has 2 fully saturated rings. The van der Waals surface area contributed by atoms with E-state index in [-0.39, 0.29) is 0 Å². The van der Waals surface area contributed by atoms with Crippen LogP contribution in [0.2, 0.25) is 5.02 Å². The number of alkyl halides is 1. The van der Waals surface area contributed by atoms with Crippen LogP contribution >= 0.6 is 23.2 Å². The smallest absolute Gasteiger partial charge is 0.0495 e. The van der Waals surface area contributed by atoms with E-state index in [4.69, 9.17) is 23.2 Å². The summed E-state index contributed by atoms with van der Waals surface area (Å²) in [6.45, 7) is 1.20. The van der Waals surface area contributed by atoms with Crippen molar-refractivity contribution in [1.82, 2.24) is 0 Å². The van der Waals surface area contributed by atoms with E-state index < -0.39 is 0 Å². The minimum Gasteiger partial charge on any atom is -0.368 e. The van der Waals surface area contributed by atoms with Crippen molar-refractivity contribution >= 4 is 28.9 Å². The van der Waals surface area contributed by atoms with Gasteiger partial charge in [-0.3, -0.25) is 0 Å². The number of hydrogen-bond acceptors (Lipinski definition) is 1. The maximum atomic E-state index is 6.04. The van der Waals surface area contributed by atoms with E-state index in [9.17, 15) is 0 Å². The molecule has 92 valence electrons. The minimum absolute atomic E-state index is 0.545. The zero-order valence-corrected chi connectivity index (χ0v) is 11.3. The third kappa shape index (κ3) is 2.71. The first kappa shape index (κ1) is 11.7. The van der Waals surface area contributed by atoms with Gasteiger partial charge in [-0.15, -0.1) is 11.6 Å². The number of hydrogen-bond donors (Lipinski definition) is 0. The number of nitrogens with zero attached hydrogens (tertiary/aromatic N) is 1. The third-order valence-corrected chi connectivity index (χ3v) is 4.16. The summed E-state index contributed by atoms with van der Waals surface area (Å²) in [4.78, 5) is 2.56. The van der Waals surface area contributed by atoms with Crippen molar-refractivity contribution in [2.45, 2.75) is 37.6 Å². The molecule has 1 aromatic carbocycles. The van der Waals surface area contributed by atoms with E-state index in [1.54, 1.807) is 0 Å². The van der Waals surface area contributed by atoms with Crippen LogP contribution < -0.4 is 4.90 Å². The van der Waals surface area contributed by atoms with Crippen molar-refractivity contribution < 1.29 is 0 Å². The highest BCUT2D eigenvalue weighted by atomic mass is 35.5. The average Bonchev–Trinajstić information content (AvgIpc) is 3.18. The summed E-state index contributed by atoms with van der Waals surface area (Å²) in [6, 6.07) is 6.88. The van der Waals surface area contributed by atoms with Gasteiger partial charge in [0.1, 0.15) is 0 Å². The first-order valence-corrected chi connectivity index (χ1v) is 7.30. The van der Waals surface area contributed by atoms with Gasteiger partial charge in [0.2, 0.25) is 0 Å². The lowest BCUT2D eigenvalue weighted by Crippen LogP contribution is -2.28. The topological polar surface area (TPSA) is 3.24 Å². The highest BCUT2D eigenvalue weighted by molar-refractivity contribution is 6.30. The first-order valence-electron chi connectivity index (χ1n) is 6.39. The van der Waals surface area contributed by atoms with Gasteiger partial charge >= 0.3 is 0 Å². The molecule has 0 N–H and O–H groups in total. The lowest BCUT2D eigenvalue weighted by molar-refractivity contribution is 0.716. The Kier molecular flexibility index (Phi) is 3.23. The summed E-state index contributed by atoms with van der Waals surface area (Å²) in [5.41, 5.74) is 2.48. The van der Waals surface area contributed by atoms with Gasteiger partial charge < -0.3 is 4.90 Å². The highest BCUT2D eigenvalue weighted by Crippen LogP contribution is 2.39. The summed E-state index contributed by atoms with van der Waals surface area (Å²) in [5, 5.41) is 0.784. The molecule has 0 radical (unpaired) electrons. The molecule has 0 amide bonds. The summed E-state index contributed by atoms with van der Waals surface area (Å²) < 4.78 is 0. The zero-order valence-electron chi connectivity index (χ0n) is 9.83. The molecule has 0 aliphatic heterocycles. The van der Waals surface area contributed by atoms with Gasteiger partial charge in [0, 0.05) is 29.2 Å². The average molecular weight is 270 g/mol. The van der Waals surface area contributed by atoms with Crippen LogP contribution in [0.3, 0.4) is 0 Å². The molecule has 1 nitrogen and oxygen atoms in total. The Bertz CT molecular complexity index is 411. The van der Waals surface area contributed by atoms with Gasteiger partial charge in [-0.1, -0.05) is 11.6 Å². The van der Waals surface area contributed by atoms with Crippen LogP contribution in [0.25, 0.3) is 0 Å². The van der Waals surface area contributed by atoms with Crippen LogP contribution in [0.1, 0.15) is 31.2 Å². The summed E-state index contributed by atoms with van der Waals surface area (Å²) in [5.74, 6) is 1.46. The molecule has 2 aliphatic rings. The second kappa shape index (κ2) is 4.70. The van der Waals surface area contributed by atoms with Crippen molar-refractivity contribution in [3.05, 3.63) is 28.8 Å². The molecule has 0 saturated heterocycles. The Balaban J connectivity index is 1.87. The van der Waals surface area contributed by atoms with E-state index in [0.29, 0.717) is 5.88 Å². The Morgan fingerprint density at radius 2 is 1.94 bits per heavy atom. The van der Waals surface area contributed by atoms with Gasteiger partial charge in [-0.25, -0.2) is 0 Å². The van der Waals surface area contributed by atoms with Gasteiger partial charge in [0.15, 0.2) is 0 Å². The fourth-order valence-electron chi connectivity index (χ4n) is 2.35. The van der Waals surface area contributed by atoms with Gasteiger partial charge in [0.25, 0.3) is 0 Å². The van der Waals surface area contributed by atoms with Crippen LogP contribution in [0.15, 0.2) is 18.2 Å². The van der Waals surface area contributed by atoms with E-state index >= 15 is 0 Å². The number of anilines is 1. The van der Waals surface area contributed by atoms with Gasteiger partial charge in [-0.2, -0.15) is 0 Å². The van der Waals surface area contributed by atoms with Crippen molar-refractivity contribution in [3.63, 3.8) is 0 Å². The highest BCUT2D eigenvalue weighted by Gasteiger charge is 2.34. The summed E-state index contributed by atoms with van der Waals surface area (Å²) in [6.07, 6.45) is 5.45. The molecule has 2 saturated carbocycles. The molecule has 17 heavy (non-hydrogen) atoms. The SMILES string of the molecule is ClCc1cc(Cl)ccc1N(CC1CC1)C1CC1. The molecular weight excluding hydrogens is 253 g/mol. The predicted molar refractivity (Wildman–Crippen MR) is 74.1 cm³/mol. The molecule has 3 rings (SSSR count). The van der Waals surface area contributed by atoms with Gasteiger partial charge in [-0.05, 0) is 55.4 Å². The van der Waals surface area contributed by atoms with E-state index in [2.05, 4.69) is 11.0 Å². The first-order chi connectivity index (χ1) is 8.28. The maximum absolute atomic E-state index is 6.04. The van der Waals surface area contributed by atoms with Crippen molar-refractivity contribution in [2.75, 3.05) is 11.4 Å². The lowest BCUT2D eigenvalue weighted by Gasteiger charge is -2.27. The van der Waals surface area contributed by atoms with E-state index in [1.165, 1.54) is 43.5 Å². The van der Waals surface area contributed by atoms with Gasteiger partial charge in [0.05, 0.1) is 0 Å².